The Morgan fingerprint density at radius 3 is 3.00 bits per heavy atom. The molecule has 0 aromatic rings. The second-order valence-electron chi connectivity index (χ2n) is 1.43. The molecule has 0 bridgehead atoms. The SMILES string of the molecule is COCC#C/C=C/C(=O)O. The lowest BCUT2D eigenvalue weighted by atomic mass is 10.5. The largest absolute Gasteiger partial charge is 0.478 e. The van der Waals surface area contributed by atoms with Gasteiger partial charge in [0.15, 0.2) is 0 Å². The van der Waals surface area contributed by atoms with Crippen molar-refractivity contribution in [3.8, 4) is 11.8 Å². The Morgan fingerprint density at radius 2 is 2.50 bits per heavy atom. The number of carboxylic acid groups (broad SMARTS) is 1. The normalized spacial score (nSPS) is 8.90. The lowest BCUT2D eigenvalue weighted by Gasteiger charge is -1.79. The van der Waals surface area contributed by atoms with E-state index >= 15 is 0 Å². The molecule has 1 N–H and O–H groups in total. The summed E-state index contributed by atoms with van der Waals surface area (Å²) >= 11 is 0. The van der Waals surface area contributed by atoms with Gasteiger partial charge in [-0.3, -0.25) is 0 Å². The third kappa shape index (κ3) is 6.73. The number of methoxy groups -OCH3 is 1. The van der Waals surface area contributed by atoms with Crippen molar-refractivity contribution in [1.29, 1.82) is 0 Å². The van der Waals surface area contributed by atoms with Gasteiger partial charge in [0.1, 0.15) is 6.61 Å². The highest BCUT2D eigenvalue weighted by molar-refractivity contribution is 5.80. The van der Waals surface area contributed by atoms with Crippen LogP contribution < -0.4 is 0 Å². The zero-order valence-electron chi connectivity index (χ0n) is 5.63. The minimum Gasteiger partial charge on any atom is -0.478 e. The van der Waals surface area contributed by atoms with Crippen LogP contribution in [-0.4, -0.2) is 24.8 Å². The average Bonchev–Trinajstić information content (AvgIpc) is 1.87. The molecule has 0 aliphatic rings. The fraction of sp³-hybridized carbons (Fsp3) is 0.286. The summed E-state index contributed by atoms with van der Waals surface area (Å²) < 4.78 is 4.59. The van der Waals surface area contributed by atoms with Gasteiger partial charge in [0.05, 0.1) is 0 Å². The van der Waals surface area contributed by atoms with Crippen molar-refractivity contribution in [2.24, 2.45) is 0 Å². The minimum absolute atomic E-state index is 0.323. The molecule has 0 aromatic carbocycles. The number of carbonyl (C=O) groups is 1. The van der Waals surface area contributed by atoms with E-state index in [0.717, 1.165) is 6.08 Å². The van der Waals surface area contributed by atoms with Crippen LogP contribution in [0, 0.1) is 11.8 Å². The van der Waals surface area contributed by atoms with Crippen LogP contribution in [-0.2, 0) is 9.53 Å². The van der Waals surface area contributed by atoms with Crippen LogP contribution in [0.4, 0.5) is 0 Å². The number of hydrogen-bond acceptors (Lipinski definition) is 2. The van der Waals surface area contributed by atoms with Crippen molar-refractivity contribution in [3.63, 3.8) is 0 Å². The van der Waals surface area contributed by atoms with Gasteiger partial charge in [0.2, 0.25) is 0 Å². The maximum Gasteiger partial charge on any atom is 0.328 e. The van der Waals surface area contributed by atoms with Crippen molar-refractivity contribution in [1.82, 2.24) is 0 Å². The van der Waals surface area contributed by atoms with Gasteiger partial charge in [-0.05, 0) is 6.08 Å². The van der Waals surface area contributed by atoms with Gasteiger partial charge in [-0.1, -0.05) is 11.8 Å². The van der Waals surface area contributed by atoms with E-state index in [4.69, 9.17) is 5.11 Å². The van der Waals surface area contributed by atoms with Gasteiger partial charge >= 0.3 is 5.97 Å². The van der Waals surface area contributed by atoms with Crippen LogP contribution in [0.1, 0.15) is 0 Å². The number of carboxylic acids is 1. The third-order valence-electron chi connectivity index (χ3n) is 0.628. The number of allylic oxidation sites excluding steroid dienone is 1. The van der Waals surface area contributed by atoms with E-state index < -0.39 is 5.97 Å². The molecular formula is C7H8O3. The lowest BCUT2D eigenvalue weighted by Crippen LogP contribution is -1.84. The Bertz CT molecular complexity index is 183. The van der Waals surface area contributed by atoms with E-state index in [1.807, 2.05) is 0 Å². The molecule has 10 heavy (non-hydrogen) atoms. The molecule has 0 rings (SSSR count). The monoisotopic (exact) mass is 140 g/mol. The molecule has 54 valence electrons. The van der Waals surface area contributed by atoms with Gasteiger partial charge in [-0.25, -0.2) is 4.79 Å². The molecule has 0 fully saturated rings. The summed E-state index contributed by atoms with van der Waals surface area (Å²) in [5.74, 6) is 4.06. The first-order valence-electron chi connectivity index (χ1n) is 2.64. The molecule has 0 unspecified atom stereocenters. The molecule has 0 spiro atoms. The molecule has 3 nitrogen and oxygen atoms in total. The Morgan fingerprint density at radius 1 is 1.80 bits per heavy atom. The van der Waals surface area contributed by atoms with Crippen molar-refractivity contribution in [3.05, 3.63) is 12.2 Å². The summed E-state index contributed by atoms with van der Waals surface area (Å²) in [6, 6.07) is 0. The molecule has 0 aliphatic heterocycles. The second-order valence-corrected chi connectivity index (χ2v) is 1.43. The van der Waals surface area contributed by atoms with Crippen LogP contribution in [0.5, 0.6) is 0 Å². The quantitative estimate of drug-likeness (QED) is 0.442. The van der Waals surface area contributed by atoms with E-state index in [-0.39, 0.29) is 0 Å². The number of rotatable bonds is 2. The molecule has 0 aromatic heterocycles. The Balaban J connectivity index is 3.54. The van der Waals surface area contributed by atoms with E-state index in [2.05, 4.69) is 16.6 Å². The van der Waals surface area contributed by atoms with Gasteiger partial charge in [0, 0.05) is 13.2 Å². The molecule has 0 radical (unpaired) electrons. The van der Waals surface area contributed by atoms with Gasteiger partial charge < -0.3 is 9.84 Å². The van der Waals surface area contributed by atoms with Crippen molar-refractivity contribution < 1.29 is 14.6 Å². The van der Waals surface area contributed by atoms with E-state index in [9.17, 15) is 4.79 Å². The molecule has 0 amide bonds. The smallest absolute Gasteiger partial charge is 0.328 e. The number of ether oxygens (including phenoxy) is 1. The predicted molar refractivity (Wildman–Crippen MR) is 36.4 cm³/mol. The Hall–Kier alpha value is -1.27. The number of hydrogen-bond donors (Lipinski definition) is 1. The Kier molecular flexibility index (Phi) is 5.12. The van der Waals surface area contributed by atoms with Crippen LogP contribution in [0.3, 0.4) is 0 Å². The maximum atomic E-state index is 9.85. The summed E-state index contributed by atoms with van der Waals surface area (Å²) in [5, 5.41) is 8.08. The minimum atomic E-state index is -0.994. The maximum absolute atomic E-state index is 9.85. The van der Waals surface area contributed by atoms with Crippen molar-refractivity contribution >= 4 is 5.97 Å². The van der Waals surface area contributed by atoms with Crippen LogP contribution >= 0.6 is 0 Å². The Labute approximate surface area is 59.3 Å². The van der Waals surface area contributed by atoms with E-state index in [0.29, 0.717) is 6.61 Å². The topological polar surface area (TPSA) is 46.5 Å². The van der Waals surface area contributed by atoms with Crippen molar-refractivity contribution in [2.75, 3.05) is 13.7 Å². The summed E-state index contributed by atoms with van der Waals surface area (Å²) in [5.41, 5.74) is 0. The molecule has 0 saturated heterocycles. The second kappa shape index (κ2) is 5.86. The van der Waals surface area contributed by atoms with Gasteiger partial charge in [-0.2, -0.15) is 0 Å². The first-order chi connectivity index (χ1) is 4.77. The molecule has 0 saturated carbocycles. The van der Waals surface area contributed by atoms with Gasteiger partial charge in [-0.15, -0.1) is 0 Å². The highest BCUT2D eigenvalue weighted by Crippen LogP contribution is 1.69. The molecule has 0 aliphatic carbocycles. The summed E-state index contributed by atoms with van der Waals surface area (Å²) in [6.45, 7) is 0.323. The first-order valence-corrected chi connectivity index (χ1v) is 2.64. The predicted octanol–water partition coefficient (Wildman–Crippen LogP) is 0.277. The van der Waals surface area contributed by atoms with Gasteiger partial charge in [0.25, 0.3) is 0 Å². The van der Waals surface area contributed by atoms with Crippen LogP contribution in [0.25, 0.3) is 0 Å². The molecule has 3 heteroatoms. The van der Waals surface area contributed by atoms with E-state index in [1.165, 1.54) is 13.2 Å². The van der Waals surface area contributed by atoms with Crippen LogP contribution in [0.15, 0.2) is 12.2 Å². The zero-order chi connectivity index (χ0) is 7.82. The highest BCUT2D eigenvalue weighted by Gasteiger charge is 1.79. The number of aliphatic carboxylic acids is 1. The highest BCUT2D eigenvalue weighted by atomic mass is 16.5. The fourth-order valence-electron chi connectivity index (χ4n) is 0.286. The summed E-state index contributed by atoms with van der Waals surface area (Å²) in [7, 11) is 1.52. The standard InChI is InChI=1S/C7H8O3/c1-10-6-4-2-3-5-7(8)9/h3,5H,6H2,1H3,(H,8,9)/b5-3+. The third-order valence-corrected chi connectivity index (χ3v) is 0.628. The van der Waals surface area contributed by atoms with E-state index in [1.54, 1.807) is 0 Å². The average molecular weight is 140 g/mol. The van der Waals surface area contributed by atoms with Crippen molar-refractivity contribution in [2.45, 2.75) is 0 Å². The fourth-order valence-corrected chi connectivity index (χ4v) is 0.286. The lowest BCUT2D eigenvalue weighted by molar-refractivity contribution is -0.131. The molecular weight excluding hydrogens is 132 g/mol. The summed E-state index contributed by atoms with van der Waals surface area (Å²) in [6.07, 6.45) is 2.24. The van der Waals surface area contributed by atoms with Crippen LogP contribution in [0.2, 0.25) is 0 Å². The zero-order valence-corrected chi connectivity index (χ0v) is 5.63. The molecule has 0 atom stereocenters. The summed E-state index contributed by atoms with van der Waals surface area (Å²) in [4.78, 5) is 9.85. The first kappa shape index (κ1) is 8.73. The molecule has 0 heterocycles.